The van der Waals surface area contributed by atoms with Gasteiger partial charge in [0.1, 0.15) is 0 Å². The van der Waals surface area contributed by atoms with Gasteiger partial charge in [-0.25, -0.2) is 0 Å². The number of hydrogen-bond donors (Lipinski definition) is 1. The molecule has 1 aliphatic rings. The summed E-state index contributed by atoms with van der Waals surface area (Å²) in [6.07, 6.45) is 19.5. The maximum Gasteiger partial charge on any atom is 0.0693 e. The third-order valence-corrected chi connectivity index (χ3v) is 3.74. The van der Waals surface area contributed by atoms with Gasteiger partial charge in [-0.15, -0.1) is 0 Å². The molecule has 0 saturated carbocycles. The van der Waals surface area contributed by atoms with Crippen molar-refractivity contribution in [3.05, 3.63) is 48.6 Å². The van der Waals surface area contributed by atoms with Crippen LogP contribution in [0.5, 0.6) is 0 Å². The van der Waals surface area contributed by atoms with Gasteiger partial charge in [-0.05, 0) is 33.2 Å². The highest BCUT2D eigenvalue weighted by molar-refractivity contribution is 5.16. The summed E-state index contributed by atoms with van der Waals surface area (Å²) in [5.41, 5.74) is 0. The van der Waals surface area contributed by atoms with E-state index >= 15 is 0 Å². The Kier molecular flexibility index (Phi) is 7.46. The number of rotatable bonds is 5. The van der Waals surface area contributed by atoms with Gasteiger partial charge in [-0.3, -0.25) is 4.90 Å². The van der Waals surface area contributed by atoms with Crippen molar-refractivity contribution in [1.29, 1.82) is 0 Å². The molecule has 1 rings (SSSR count). The number of likely N-dealkylation sites (N-methyl/N-ethyl adjacent to an activating group) is 1. The number of piperidine rings is 1. The molecule has 1 saturated heterocycles. The van der Waals surface area contributed by atoms with Crippen LogP contribution in [0.15, 0.2) is 48.6 Å². The van der Waals surface area contributed by atoms with E-state index in [0.717, 1.165) is 19.3 Å². The molecule has 1 N–H and O–H groups in total. The van der Waals surface area contributed by atoms with Crippen LogP contribution in [0, 0.1) is 0 Å². The highest BCUT2D eigenvalue weighted by Crippen LogP contribution is 2.22. The Bertz CT molecular complexity index is 354. The van der Waals surface area contributed by atoms with E-state index in [1.54, 1.807) is 0 Å². The van der Waals surface area contributed by atoms with Gasteiger partial charge in [0.05, 0.1) is 6.10 Å². The fourth-order valence-corrected chi connectivity index (χ4v) is 2.26. The molecule has 19 heavy (non-hydrogen) atoms. The highest BCUT2D eigenvalue weighted by atomic mass is 16.3. The average molecular weight is 261 g/mol. The van der Waals surface area contributed by atoms with Crippen molar-refractivity contribution in [3.63, 3.8) is 0 Å². The Morgan fingerprint density at radius 1 is 1.05 bits per heavy atom. The normalized spacial score (nSPS) is 30.4. The Balaban J connectivity index is 2.38. The van der Waals surface area contributed by atoms with Crippen molar-refractivity contribution in [2.75, 3.05) is 7.05 Å². The SMILES string of the molecule is CCC=CC=CC=CC=CC1CCC(O)C(C)N1C. The standard InChI is InChI=1S/C17H27NO/c1-4-5-6-7-8-9-10-11-12-16-13-14-17(19)15(2)18(16)3/h5-12,15-17,19H,4,13-14H2,1-3H3. The molecule has 1 heterocycles. The monoisotopic (exact) mass is 261 g/mol. The maximum atomic E-state index is 9.78. The zero-order valence-corrected chi connectivity index (χ0v) is 12.4. The minimum atomic E-state index is -0.182. The van der Waals surface area contributed by atoms with Gasteiger partial charge in [-0.1, -0.05) is 55.5 Å². The van der Waals surface area contributed by atoms with Crippen LogP contribution in [0.3, 0.4) is 0 Å². The summed E-state index contributed by atoms with van der Waals surface area (Å²) in [4.78, 5) is 2.25. The van der Waals surface area contributed by atoms with Crippen LogP contribution in [0.1, 0.15) is 33.1 Å². The van der Waals surface area contributed by atoms with Crippen LogP contribution in [0.25, 0.3) is 0 Å². The molecule has 1 aliphatic heterocycles. The number of likely N-dealkylation sites (tertiary alicyclic amines) is 1. The summed E-state index contributed by atoms with van der Waals surface area (Å²) in [6.45, 7) is 4.21. The first-order valence-electron chi connectivity index (χ1n) is 7.23. The number of allylic oxidation sites excluding steroid dienone is 7. The first-order valence-corrected chi connectivity index (χ1v) is 7.23. The molecule has 1 fully saturated rings. The molecule has 3 atom stereocenters. The Morgan fingerprint density at radius 2 is 1.68 bits per heavy atom. The van der Waals surface area contributed by atoms with Crippen LogP contribution in [-0.2, 0) is 0 Å². The second-order valence-electron chi connectivity index (χ2n) is 5.11. The average Bonchev–Trinajstić information content (AvgIpc) is 2.41. The third kappa shape index (κ3) is 5.58. The molecule has 0 aromatic rings. The van der Waals surface area contributed by atoms with E-state index in [0.29, 0.717) is 6.04 Å². The van der Waals surface area contributed by atoms with Crippen LogP contribution in [0.4, 0.5) is 0 Å². The van der Waals surface area contributed by atoms with Crippen molar-refractivity contribution in [2.45, 2.75) is 51.3 Å². The van der Waals surface area contributed by atoms with Gasteiger partial charge in [0, 0.05) is 12.1 Å². The van der Waals surface area contributed by atoms with E-state index in [2.05, 4.69) is 56.2 Å². The van der Waals surface area contributed by atoms with E-state index in [4.69, 9.17) is 0 Å². The van der Waals surface area contributed by atoms with E-state index in [-0.39, 0.29) is 12.1 Å². The fourth-order valence-electron chi connectivity index (χ4n) is 2.26. The molecular formula is C17H27NO. The lowest BCUT2D eigenvalue weighted by molar-refractivity contribution is 0.0153. The minimum absolute atomic E-state index is 0.182. The van der Waals surface area contributed by atoms with E-state index in [1.807, 2.05) is 18.2 Å². The van der Waals surface area contributed by atoms with Crippen LogP contribution in [0.2, 0.25) is 0 Å². The molecule has 0 spiro atoms. The molecular weight excluding hydrogens is 234 g/mol. The van der Waals surface area contributed by atoms with Gasteiger partial charge in [0.25, 0.3) is 0 Å². The van der Waals surface area contributed by atoms with Crippen LogP contribution < -0.4 is 0 Å². The van der Waals surface area contributed by atoms with Crippen molar-refractivity contribution in [1.82, 2.24) is 4.90 Å². The number of aliphatic hydroxyl groups is 1. The lowest BCUT2D eigenvalue weighted by Gasteiger charge is -2.39. The van der Waals surface area contributed by atoms with Crippen molar-refractivity contribution in [2.24, 2.45) is 0 Å². The lowest BCUT2D eigenvalue weighted by atomic mass is 9.94. The summed E-state index contributed by atoms with van der Waals surface area (Å²) in [5.74, 6) is 0. The predicted octanol–water partition coefficient (Wildman–Crippen LogP) is 3.46. The summed E-state index contributed by atoms with van der Waals surface area (Å²) < 4.78 is 0. The van der Waals surface area contributed by atoms with Gasteiger partial charge < -0.3 is 5.11 Å². The summed E-state index contributed by atoms with van der Waals surface area (Å²) in [7, 11) is 2.08. The second kappa shape index (κ2) is 8.89. The third-order valence-electron chi connectivity index (χ3n) is 3.74. The number of aliphatic hydroxyl groups excluding tert-OH is 1. The summed E-state index contributed by atoms with van der Waals surface area (Å²) >= 11 is 0. The van der Waals surface area contributed by atoms with E-state index < -0.39 is 0 Å². The number of nitrogens with zero attached hydrogens (tertiary/aromatic N) is 1. The fraction of sp³-hybridized carbons (Fsp3) is 0.529. The highest BCUT2D eigenvalue weighted by Gasteiger charge is 2.28. The van der Waals surface area contributed by atoms with Crippen molar-refractivity contribution >= 4 is 0 Å². The van der Waals surface area contributed by atoms with Crippen molar-refractivity contribution < 1.29 is 5.11 Å². The van der Waals surface area contributed by atoms with Crippen LogP contribution >= 0.6 is 0 Å². The lowest BCUT2D eigenvalue weighted by Crippen LogP contribution is -2.48. The van der Waals surface area contributed by atoms with Crippen LogP contribution in [-0.4, -0.2) is 35.2 Å². The largest absolute Gasteiger partial charge is 0.392 e. The molecule has 0 amide bonds. The Morgan fingerprint density at radius 3 is 2.37 bits per heavy atom. The Labute approximate surface area is 117 Å². The molecule has 2 heteroatoms. The zero-order valence-electron chi connectivity index (χ0n) is 12.4. The topological polar surface area (TPSA) is 23.5 Å². The molecule has 0 aromatic carbocycles. The molecule has 0 radical (unpaired) electrons. The smallest absolute Gasteiger partial charge is 0.0693 e. The van der Waals surface area contributed by atoms with E-state index in [1.165, 1.54) is 0 Å². The number of hydrogen-bond acceptors (Lipinski definition) is 2. The van der Waals surface area contributed by atoms with E-state index in [9.17, 15) is 5.11 Å². The minimum Gasteiger partial charge on any atom is -0.392 e. The molecule has 2 nitrogen and oxygen atoms in total. The summed E-state index contributed by atoms with van der Waals surface area (Å²) in [5, 5.41) is 9.78. The van der Waals surface area contributed by atoms with Crippen molar-refractivity contribution in [3.8, 4) is 0 Å². The molecule has 0 bridgehead atoms. The van der Waals surface area contributed by atoms with Gasteiger partial charge >= 0.3 is 0 Å². The summed E-state index contributed by atoms with van der Waals surface area (Å²) in [6, 6.07) is 0.679. The molecule has 0 aromatic heterocycles. The van der Waals surface area contributed by atoms with Gasteiger partial charge in [0.15, 0.2) is 0 Å². The molecule has 3 unspecified atom stereocenters. The Hall–Kier alpha value is -1.12. The van der Waals surface area contributed by atoms with Gasteiger partial charge in [0.2, 0.25) is 0 Å². The predicted molar refractivity (Wildman–Crippen MR) is 83.1 cm³/mol. The molecule has 106 valence electrons. The quantitative estimate of drug-likeness (QED) is 0.766. The second-order valence-corrected chi connectivity index (χ2v) is 5.11. The zero-order chi connectivity index (χ0) is 14.1. The van der Waals surface area contributed by atoms with Gasteiger partial charge in [-0.2, -0.15) is 0 Å². The molecule has 0 aliphatic carbocycles. The maximum absolute atomic E-state index is 9.78. The first-order chi connectivity index (χ1) is 9.16. The first kappa shape index (κ1) is 15.9.